The van der Waals surface area contributed by atoms with Gasteiger partial charge in [-0.25, -0.2) is 19.2 Å². The molecule has 4 aromatic rings. The molecule has 0 aromatic heterocycles. The fourth-order valence-electron chi connectivity index (χ4n) is 13.2. The quantitative estimate of drug-likeness (QED) is 0.0450. The van der Waals surface area contributed by atoms with Gasteiger partial charge in [0.15, 0.2) is 0 Å². The van der Waals surface area contributed by atoms with Crippen LogP contribution in [0.5, 0.6) is 0 Å². The van der Waals surface area contributed by atoms with E-state index >= 15 is 0 Å². The molecule has 6 atom stereocenters. The first-order valence-corrected chi connectivity index (χ1v) is 28.7. The Balaban J connectivity index is 0.000000166. The van der Waals surface area contributed by atoms with Gasteiger partial charge in [-0.05, 0) is 137 Å². The Labute approximate surface area is 517 Å². The molecule has 6 aliphatic heterocycles. The Morgan fingerprint density at radius 3 is 1.35 bits per heavy atom. The molecule has 444 valence electrons. The Morgan fingerprint density at radius 1 is 0.588 bits per heavy atom. The number of esters is 2. The van der Waals surface area contributed by atoms with Crippen LogP contribution in [0.25, 0.3) is 22.3 Å². The summed E-state index contributed by atoms with van der Waals surface area (Å²) >= 11 is 0. The maximum Gasteiger partial charge on any atom is 1.00 e. The number of ether oxygens (including phenoxy) is 4. The van der Waals surface area contributed by atoms with Crippen molar-refractivity contribution in [2.75, 3.05) is 26.3 Å². The number of fused-ring (bicyclic) bond motifs is 8. The van der Waals surface area contributed by atoms with Crippen LogP contribution in [0.3, 0.4) is 0 Å². The molecule has 4 saturated heterocycles. The van der Waals surface area contributed by atoms with Gasteiger partial charge < -0.3 is 44.0 Å². The number of carbonyl (C=O) groups is 8. The molecule has 6 heterocycles. The first-order chi connectivity index (χ1) is 40.0. The van der Waals surface area contributed by atoms with Crippen LogP contribution in [0.1, 0.15) is 134 Å². The second-order valence-corrected chi connectivity index (χ2v) is 24.2. The van der Waals surface area contributed by atoms with Crippen molar-refractivity contribution in [3.8, 4) is 22.3 Å². The molecule has 0 bridgehead atoms. The predicted octanol–water partition coefficient (Wildman–Crippen LogP) is 5.61. The zero-order chi connectivity index (χ0) is 60.3. The minimum atomic E-state index is -1.16. The van der Waals surface area contributed by atoms with Crippen molar-refractivity contribution < 1.29 is 102 Å². The number of aliphatic carboxylic acids is 1. The van der Waals surface area contributed by atoms with E-state index in [1.807, 2.05) is 93.6 Å². The van der Waals surface area contributed by atoms with E-state index in [-0.39, 0.29) is 90.3 Å². The van der Waals surface area contributed by atoms with Crippen molar-refractivity contribution in [2.45, 2.75) is 158 Å². The largest absolute Gasteiger partial charge is 1.00 e. The maximum atomic E-state index is 13.6. The van der Waals surface area contributed by atoms with E-state index in [1.165, 1.54) is 43.9 Å². The summed E-state index contributed by atoms with van der Waals surface area (Å²) < 4.78 is 22.1. The average Bonchev–Trinajstić information content (AvgIpc) is 1.95. The van der Waals surface area contributed by atoms with Gasteiger partial charge in [0, 0.05) is 31.8 Å². The molecule has 0 unspecified atom stereocenters. The van der Waals surface area contributed by atoms with E-state index in [4.69, 9.17) is 29.0 Å². The molecule has 4 aromatic carbocycles. The van der Waals surface area contributed by atoms with Crippen LogP contribution < -0.4 is 34.8 Å². The third-order valence-electron chi connectivity index (χ3n) is 16.7. The van der Waals surface area contributed by atoms with Crippen LogP contribution in [0.2, 0.25) is 0 Å². The molecule has 85 heavy (non-hydrogen) atoms. The number of nitrogens with zero attached hydrogens (tertiary/aromatic N) is 4. The second-order valence-electron chi connectivity index (χ2n) is 24.2. The van der Waals surface area contributed by atoms with Crippen LogP contribution in [0, 0.1) is 0 Å². The molecule has 20 heteroatoms. The summed E-state index contributed by atoms with van der Waals surface area (Å²) in [6, 6.07) is 31.1. The van der Waals surface area contributed by atoms with Gasteiger partial charge in [-0.3, -0.25) is 29.0 Å². The Morgan fingerprint density at radius 2 is 0.965 bits per heavy atom. The van der Waals surface area contributed by atoms with Crippen LogP contribution >= 0.6 is 0 Å². The Hall–Kier alpha value is -7.32. The maximum absolute atomic E-state index is 13.6. The number of amides is 4. The van der Waals surface area contributed by atoms with E-state index in [0.29, 0.717) is 71.1 Å². The first-order valence-electron chi connectivity index (χ1n) is 28.7. The fourth-order valence-corrected chi connectivity index (χ4v) is 13.2. The van der Waals surface area contributed by atoms with E-state index in [9.17, 15) is 38.7 Å². The predicted molar refractivity (Wildman–Crippen MR) is 305 cm³/mol. The zero-order valence-electron chi connectivity index (χ0n) is 49.5. The molecule has 19 nitrogen and oxygen atoms in total. The number of hydrogen-bond donors (Lipinski definition) is 1. The minimum absolute atomic E-state index is 0. The van der Waals surface area contributed by atoms with Crippen LogP contribution in [0.4, 0.5) is 9.59 Å². The van der Waals surface area contributed by atoms with Gasteiger partial charge in [0.2, 0.25) is 0 Å². The molecular formula is C65H73N4NaO15. The Kier molecular flexibility index (Phi) is 19.6. The molecule has 4 amide bonds. The number of rotatable bonds is 7. The summed E-state index contributed by atoms with van der Waals surface area (Å²) in [6.07, 6.45) is 11.2. The normalized spacial score (nSPS) is 23.7. The van der Waals surface area contributed by atoms with E-state index in [1.54, 1.807) is 25.7 Å². The van der Waals surface area contributed by atoms with Crippen molar-refractivity contribution in [2.24, 2.45) is 0 Å². The third kappa shape index (κ3) is 13.0. The molecule has 0 radical (unpaired) electrons. The van der Waals surface area contributed by atoms with Gasteiger partial charge in [-0.1, -0.05) is 121 Å². The standard InChI is InChI=1S/C27H26N2O5.C21H32N2O5.C16H14O2.CH2O3.Na/c30-24(31)23-11-10-17-12-14-27(25(32)29(17)23)13-5-15-28(27)26(33)34-16-22-20-8-3-1-6-18(20)19-7-2-4-9-21(19)22;1-19(2,3)27-16(24)15-9-8-14-10-12-21(17(25)23(14)15)11-7-13-22(21)18(26)28-20(4,5)6;1-11(17)18-10-16-14-8-4-2-6-12(14)13-7-3-5-9-15(13)16;2-1-4-3;/h1-4,6-9,12,14,17,22-23H,5,10-11,13,15-16H2,(H,30,31);10,12,14-15H,7-9,11,13H2,1-6H3;2-9,16H,10H2,1H3;1,3H;/q;;;;+1/p-1/t17-,23-,27+;14-,15-,21+;;;/m00.../s1. The van der Waals surface area contributed by atoms with Gasteiger partial charge in [0.25, 0.3) is 18.3 Å². The third-order valence-corrected chi connectivity index (χ3v) is 16.7. The van der Waals surface area contributed by atoms with Gasteiger partial charge >= 0.3 is 59.7 Å². The van der Waals surface area contributed by atoms with E-state index in [2.05, 4.69) is 53.4 Å². The van der Waals surface area contributed by atoms with Gasteiger partial charge in [-0.15, -0.1) is 0 Å². The summed E-state index contributed by atoms with van der Waals surface area (Å²) in [4.78, 5) is 106. The Bertz CT molecular complexity index is 3170. The molecule has 8 aliphatic rings. The molecule has 4 fully saturated rings. The number of carboxylic acid groups (broad SMARTS) is 1. The monoisotopic (exact) mass is 1170 g/mol. The van der Waals surface area contributed by atoms with Crippen LogP contribution in [0.15, 0.2) is 121 Å². The van der Waals surface area contributed by atoms with Crippen molar-refractivity contribution in [3.05, 3.63) is 144 Å². The van der Waals surface area contributed by atoms with Gasteiger partial charge in [0.1, 0.15) is 47.6 Å². The molecule has 2 spiro atoms. The van der Waals surface area contributed by atoms with Crippen molar-refractivity contribution in [3.63, 3.8) is 0 Å². The van der Waals surface area contributed by atoms with Gasteiger partial charge in [-0.2, -0.15) is 0 Å². The number of carbonyl (C=O) groups excluding carboxylic acids is 7. The minimum Gasteiger partial charge on any atom is -0.662 e. The summed E-state index contributed by atoms with van der Waals surface area (Å²) in [5.74, 6) is -1.99. The van der Waals surface area contributed by atoms with Crippen molar-refractivity contribution in [1.29, 1.82) is 0 Å². The van der Waals surface area contributed by atoms with Crippen LogP contribution in [-0.4, -0.2) is 146 Å². The smallest absolute Gasteiger partial charge is 0.662 e. The molecular weight excluding hydrogens is 1100 g/mol. The molecule has 2 aliphatic carbocycles. The number of benzene rings is 4. The number of likely N-dealkylation sites (tertiary alicyclic amines) is 2. The summed E-state index contributed by atoms with van der Waals surface area (Å²) in [7, 11) is 0. The summed E-state index contributed by atoms with van der Waals surface area (Å²) in [5, 5.41) is 18.0. The SMILES string of the molecule is CC(=O)OCC1c2ccccc2-c2ccccc21.CC(C)(C)OC(=O)[C@@H]1CC[C@H]2C=C[C@]3(CCCN3C(=O)OC(C)(C)C)C(=O)N21.O=C(O)[C@@H]1CC[C@H]2C=C[C@]3(CCCN3C(=O)OCC3c4ccccc4-c4ccccc43)C(=O)N21.O=CO[O-].[Na+]. The molecule has 0 saturated carbocycles. The fraction of sp³-hybridized carbons (Fsp3) is 0.446. The van der Waals surface area contributed by atoms with Crippen molar-refractivity contribution in [1.82, 2.24) is 19.6 Å². The molecule has 12 rings (SSSR count). The topological polar surface area (TPSA) is 239 Å². The summed E-state index contributed by atoms with van der Waals surface area (Å²) in [6.45, 7) is 13.6. The number of hydrogen-bond acceptors (Lipinski definition) is 14. The summed E-state index contributed by atoms with van der Waals surface area (Å²) in [5.41, 5.74) is 6.10. The number of carboxylic acids is 1. The van der Waals surface area contributed by atoms with Gasteiger partial charge in [0.05, 0.1) is 12.1 Å². The van der Waals surface area contributed by atoms with Crippen molar-refractivity contribution >= 4 is 48.4 Å². The van der Waals surface area contributed by atoms with E-state index in [0.717, 1.165) is 22.3 Å². The average molecular weight is 1170 g/mol. The first kappa shape index (κ1) is 63.7. The molecule has 1 N–H and O–H groups in total. The zero-order valence-corrected chi connectivity index (χ0v) is 51.5. The second kappa shape index (κ2) is 26.1. The van der Waals surface area contributed by atoms with E-state index < -0.39 is 52.5 Å². The van der Waals surface area contributed by atoms with Crippen LogP contribution in [-0.2, 0) is 52.6 Å².